The molecule has 2 rings (SSSR count). The maximum absolute atomic E-state index is 3.63. The second-order valence-corrected chi connectivity index (χ2v) is 5.44. The summed E-state index contributed by atoms with van der Waals surface area (Å²) in [6.45, 7) is 3.39. The first-order valence-corrected chi connectivity index (χ1v) is 7.46. The first kappa shape index (κ1) is 14.1. The molecule has 1 atom stereocenters. The molecule has 0 bridgehead atoms. The highest BCUT2D eigenvalue weighted by Gasteiger charge is 2.03. The number of nitrogens with one attached hydrogen (secondary N) is 1. The molecule has 0 saturated carbocycles. The first-order chi connectivity index (χ1) is 9.34. The van der Waals surface area contributed by atoms with Crippen molar-refractivity contribution in [1.29, 1.82) is 0 Å². The highest BCUT2D eigenvalue weighted by molar-refractivity contribution is 5.17. The average Bonchev–Trinajstić information content (AvgIpc) is 2.46. The van der Waals surface area contributed by atoms with Crippen LogP contribution in [-0.2, 0) is 6.42 Å². The van der Waals surface area contributed by atoms with Crippen molar-refractivity contribution in [2.45, 2.75) is 45.1 Å². The van der Waals surface area contributed by atoms with Gasteiger partial charge in [0.2, 0.25) is 0 Å². The summed E-state index contributed by atoms with van der Waals surface area (Å²) in [5.74, 6) is 0. The molecule has 0 radical (unpaired) electrons. The summed E-state index contributed by atoms with van der Waals surface area (Å²) in [6.07, 6.45) is 12.8. The van der Waals surface area contributed by atoms with Gasteiger partial charge in [-0.15, -0.1) is 0 Å². The minimum atomic E-state index is 0.558. The number of allylic oxidation sites excluding steroid dienone is 4. The van der Waals surface area contributed by atoms with Gasteiger partial charge in [-0.25, -0.2) is 0 Å². The van der Waals surface area contributed by atoms with Crippen molar-refractivity contribution in [3.63, 3.8) is 0 Å². The Labute approximate surface area is 117 Å². The Morgan fingerprint density at radius 2 is 2.05 bits per heavy atom. The Balaban J connectivity index is 1.60. The molecular weight excluding hydrogens is 230 g/mol. The van der Waals surface area contributed by atoms with E-state index in [1.165, 1.54) is 31.2 Å². The van der Waals surface area contributed by atoms with Gasteiger partial charge in [0.25, 0.3) is 0 Å². The zero-order valence-corrected chi connectivity index (χ0v) is 11.9. The van der Waals surface area contributed by atoms with Crippen molar-refractivity contribution in [3.05, 3.63) is 59.7 Å². The summed E-state index contributed by atoms with van der Waals surface area (Å²) >= 11 is 0. The molecule has 1 aliphatic carbocycles. The van der Waals surface area contributed by atoms with Crippen LogP contribution in [0.15, 0.2) is 54.1 Å². The van der Waals surface area contributed by atoms with Crippen LogP contribution < -0.4 is 5.32 Å². The van der Waals surface area contributed by atoms with Crippen molar-refractivity contribution in [2.75, 3.05) is 6.54 Å². The molecule has 102 valence electrons. The van der Waals surface area contributed by atoms with Crippen LogP contribution in [0.3, 0.4) is 0 Å². The molecule has 0 aromatic heterocycles. The lowest BCUT2D eigenvalue weighted by Crippen LogP contribution is -2.29. The van der Waals surface area contributed by atoms with Gasteiger partial charge in [-0.3, -0.25) is 0 Å². The van der Waals surface area contributed by atoms with Crippen molar-refractivity contribution >= 4 is 0 Å². The molecule has 1 aliphatic rings. The number of hydrogen-bond donors (Lipinski definition) is 1. The summed E-state index contributed by atoms with van der Waals surface area (Å²) < 4.78 is 0. The molecule has 1 nitrogen and oxygen atoms in total. The van der Waals surface area contributed by atoms with Crippen molar-refractivity contribution in [3.8, 4) is 0 Å². The molecule has 0 amide bonds. The van der Waals surface area contributed by atoms with Gasteiger partial charge >= 0.3 is 0 Å². The van der Waals surface area contributed by atoms with Crippen LogP contribution in [0.4, 0.5) is 0 Å². The molecule has 1 aromatic rings. The number of benzene rings is 1. The number of hydrogen-bond acceptors (Lipinski definition) is 1. The third kappa shape index (κ3) is 5.44. The zero-order chi connectivity index (χ0) is 13.3. The van der Waals surface area contributed by atoms with E-state index < -0.39 is 0 Å². The lowest BCUT2D eigenvalue weighted by Gasteiger charge is -2.14. The molecule has 1 unspecified atom stereocenters. The summed E-state index contributed by atoms with van der Waals surface area (Å²) in [6, 6.07) is 11.3. The SMILES string of the molecule is CC(Cc1ccccc1)NCCCC1=CC=CCC1. The Bertz CT molecular complexity index is 417. The van der Waals surface area contributed by atoms with Crippen molar-refractivity contribution < 1.29 is 0 Å². The molecule has 0 spiro atoms. The minimum Gasteiger partial charge on any atom is -0.314 e. The molecule has 19 heavy (non-hydrogen) atoms. The highest BCUT2D eigenvalue weighted by atomic mass is 14.9. The Morgan fingerprint density at radius 1 is 1.21 bits per heavy atom. The van der Waals surface area contributed by atoms with Crippen LogP contribution >= 0.6 is 0 Å². The normalized spacial score (nSPS) is 16.2. The van der Waals surface area contributed by atoms with Gasteiger partial charge in [-0.2, -0.15) is 0 Å². The minimum absolute atomic E-state index is 0.558. The second kappa shape index (κ2) is 7.96. The van der Waals surface area contributed by atoms with E-state index in [-0.39, 0.29) is 0 Å². The fourth-order valence-corrected chi connectivity index (χ4v) is 2.56. The third-order valence-corrected chi connectivity index (χ3v) is 3.65. The standard InChI is InChI=1S/C18H25N/c1-16(15-18-11-6-3-7-12-18)19-14-8-13-17-9-4-2-5-10-17/h2-4,6-7,9,11-12,16,19H,5,8,10,13-15H2,1H3. The van der Waals surface area contributed by atoms with Gasteiger partial charge < -0.3 is 5.32 Å². The fraction of sp³-hybridized carbons (Fsp3) is 0.444. The van der Waals surface area contributed by atoms with Gasteiger partial charge in [-0.1, -0.05) is 54.1 Å². The summed E-state index contributed by atoms with van der Waals surface area (Å²) in [5.41, 5.74) is 3.03. The van der Waals surface area contributed by atoms with Gasteiger partial charge in [0.1, 0.15) is 0 Å². The summed E-state index contributed by atoms with van der Waals surface area (Å²) in [5, 5.41) is 3.63. The van der Waals surface area contributed by atoms with Crippen LogP contribution in [0, 0.1) is 0 Å². The van der Waals surface area contributed by atoms with Crippen molar-refractivity contribution in [1.82, 2.24) is 5.32 Å². The first-order valence-electron chi connectivity index (χ1n) is 7.46. The molecule has 0 heterocycles. The Kier molecular flexibility index (Phi) is 5.90. The van der Waals surface area contributed by atoms with E-state index in [0.717, 1.165) is 13.0 Å². The maximum Gasteiger partial charge on any atom is 0.00791 e. The van der Waals surface area contributed by atoms with E-state index in [1.54, 1.807) is 5.57 Å². The lowest BCUT2D eigenvalue weighted by molar-refractivity contribution is 0.531. The zero-order valence-electron chi connectivity index (χ0n) is 11.9. The van der Waals surface area contributed by atoms with E-state index in [1.807, 2.05) is 0 Å². The smallest absolute Gasteiger partial charge is 0.00791 e. The molecule has 0 fully saturated rings. The molecule has 1 aromatic carbocycles. The van der Waals surface area contributed by atoms with Crippen LogP contribution in [0.2, 0.25) is 0 Å². The third-order valence-electron chi connectivity index (χ3n) is 3.65. The van der Waals surface area contributed by atoms with Gasteiger partial charge in [0, 0.05) is 6.04 Å². The number of rotatable bonds is 7. The maximum atomic E-state index is 3.63. The topological polar surface area (TPSA) is 12.0 Å². The van der Waals surface area contributed by atoms with Gasteiger partial charge in [0.15, 0.2) is 0 Å². The molecule has 1 heteroatoms. The van der Waals surface area contributed by atoms with E-state index >= 15 is 0 Å². The Hall–Kier alpha value is -1.34. The largest absolute Gasteiger partial charge is 0.314 e. The van der Waals surface area contributed by atoms with Gasteiger partial charge in [0.05, 0.1) is 0 Å². The van der Waals surface area contributed by atoms with Crippen LogP contribution in [-0.4, -0.2) is 12.6 Å². The summed E-state index contributed by atoms with van der Waals surface area (Å²) in [7, 11) is 0. The monoisotopic (exact) mass is 255 g/mol. The van der Waals surface area contributed by atoms with E-state index in [9.17, 15) is 0 Å². The van der Waals surface area contributed by atoms with E-state index in [2.05, 4.69) is 60.8 Å². The molecule has 0 saturated heterocycles. The molecule has 1 N–H and O–H groups in total. The second-order valence-electron chi connectivity index (χ2n) is 5.44. The Morgan fingerprint density at radius 3 is 2.79 bits per heavy atom. The predicted molar refractivity (Wildman–Crippen MR) is 83.3 cm³/mol. The van der Waals surface area contributed by atoms with Crippen molar-refractivity contribution in [2.24, 2.45) is 0 Å². The highest BCUT2D eigenvalue weighted by Crippen LogP contribution is 2.16. The van der Waals surface area contributed by atoms with Crippen LogP contribution in [0.25, 0.3) is 0 Å². The summed E-state index contributed by atoms with van der Waals surface area (Å²) in [4.78, 5) is 0. The van der Waals surface area contributed by atoms with Crippen LogP contribution in [0.1, 0.15) is 38.2 Å². The van der Waals surface area contributed by atoms with Gasteiger partial charge in [-0.05, 0) is 51.1 Å². The lowest BCUT2D eigenvalue weighted by atomic mass is 10.0. The predicted octanol–water partition coefficient (Wildman–Crippen LogP) is 4.26. The average molecular weight is 255 g/mol. The molecular formula is C18H25N. The van der Waals surface area contributed by atoms with E-state index in [0.29, 0.717) is 6.04 Å². The van der Waals surface area contributed by atoms with Crippen LogP contribution in [0.5, 0.6) is 0 Å². The quantitative estimate of drug-likeness (QED) is 0.718. The molecule has 0 aliphatic heterocycles. The fourth-order valence-electron chi connectivity index (χ4n) is 2.56. The van der Waals surface area contributed by atoms with E-state index in [4.69, 9.17) is 0 Å².